The molecule has 0 spiro atoms. The van der Waals surface area contributed by atoms with Crippen molar-refractivity contribution in [1.29, 1.82) is 0 Å². The molecule has 1 rings (SSSR count). The van der Waals surface area contributed by atoms with Gasteiger partial charge in [0.25, 0.3) is 5.91 Å². The topological polar surface area (TPSA) is 95.5 Å². The van der Waals surface area contributed by atoms with Gasteiger partial charge in [0, 0.05) is 30.5 Å². The lowest BCUT2D eigenvalue weighted by Gasteiger charge is -2.08. The largest absolute Gasteiger partial charge is 0.481 e. The lowest BCUT2D eigenvalue weighted by Crippen LogP contribution is -2.31. The van der Waals surface area contributed by atoms with Gasteiger partial charge in [-0.25, -0.2) is 0 Å². The zero-order chi connectivity index (χ0) is 15.0. The predicted octanol–water partition coefficient (Wildman–Crippen LogP) is 1.09. The maximum atomic E-state index is 11.6. The Morgan fingerprint density at radius 2 is 2.05 bits per heavy atom. The summed E-state index contributed by atoms with van der Waals surface area (Å²) in [5, 5.41) is 17.5. The van der Waals surface area contributed by atoms with Crippen molar-refractivity contribution in [2.24, 2.45) is 5.92 Å². The lowest BCUT2D eigenvalue weighted by molar-refractivity contribution is -0.141. The van der Waals surface area contributed by atoms with E-state index in [0.717, 1.165) is 0 Å². The minimum Gasteiger partial charge on any atom is -0.481 e. The van der Waals surface area contributed by atoms with E-state index in [1.54, 1.807) is 18.4 Å². The molecule has 1 unspecified atom stereocenters. The van der Waals surface area contributed by atoms with E-state index in [2.05, 4.69) is 10.6 Å². The first-order chi connectivity index (χ1) is 9.50. The smallest absolute Gasteiger partial charge is 0.306 e. The van der Waals surface area contributed by atoms with E-state index >= 15 is 0 Å². The third kappa shape index (κ3) is 5.83. The molecule has 3 N–H and O–H groups in total. The van der Waals surface area contributed by atoms with Crippen LogP contribution in [0.4, 0.5) is 0 Å². The molecule has 6 nitrogen and oxygen atoms in total. The first-order valence-electron chi connectivity index (χ1n) is 6.30. The molecule has 0 aliphatic rings. The number of hydrogen-bond acceptors (Lipinski definition) is 4. The predicted molar refractivity (Wildman–Crippen MR) is 75.7 cm³/mol. The molecular formula is C13H18N2O4S. The van der Waals surface area contributed by atoms with Gasteiger partial charge >= 0.3 is 5.97 Å². The van der Waals surface area contributed by atoms with Crippen LogP contribution in [0.3, 0.4) is 0 Å². The third-order valence-corrected chi connectivity index (χ3v) is 3.43. The number of amides is 2. The Kier molecular flexibility index (Phi) is 6.72. The number of carboxylic acids is 1. The maximum absolute atomic E-state index is 11.6. The fourth-order valence-corrected chi connectivity index (χ4v) is 2.06. The standard InChI is InChI=1S/C13H18N2O4S/c1-9(13(18)19)2-5-14-11(16)3-6-15-12(17)10-4-7-20-8-10/h4,7-9H,2-3,5-6H2,1H3,(H,14,16)(H,15,17)(H,18,19). The van der Waals surface area contributed by atoms with Gasteiger partial charge in [0.15, 0.2) is 0 Å². The molecule has 0 bridgehead atoms. The zero-order valence-corrected chi connectivity index (χ0v) is 12.0. The van der Waals surface area contributed by atoms with Gasteiger partial charge in [-0.05, 0) is 17.9 Å². The molecule has 7 heteroatoms. The molecule has 0 aromatic carbocycles. The molecule has 0 saturated heterocycles. The second kappa shape index (κ2) is 8.31. The Balaban J connectivity index is 2.11. The van der Waals surface area contributed by atoms with Gasteiger partial charge in [-0.1, -0.05) is 6.92 Å². The first kappa shape index (κ1) is 16.2. The van der Waals surface area contributed by atoms with E-state index in [1.165, 1.54) is 11.3 Å². The van der Waals surface area contributed by atoms with E-state index < -0.39 is 11.9 Å². The van der Waals surface area contributed by atoms with Crippen LogP contribution in [0.25, 0.3) is 0 Å². The van der Waals surface area contributed by atoms with Gasteiger partial charge in [-0.2, -0.15) is 11.3 Å². The van der Waals surface area contributed by atoms with Gasteiger partial charge in [0.1, 0.15) is 0 Å². The van der Waals surface area contributed by atoms with E-state index in [-0.39, 0.29) is 24.8 Å². The highest BCUT2D eigenvalue weighted by atomic mass is 32.1. The van der Waals surface area contributed by atoms with Crippen molar-refractivity contribution in [3.63, 3.8) is 0 Å². The van der Waals surface area contributed by atoms with Crippen LogP contribution in [-0.2, 0) is 9.59 Å². The molecule has 20 heavy (non-hydrogen) atoms. The van der Waals surface area contributed by atoms with Crippen LogP contribution in [0.1, 0.15) is 30.1 Å². The highest BCUT2D eigenvalue weighted by Gasteiger charge is 2.11. The minimum absolute atomic E-state index is 0.178. The molecule has 0 fully saturated rings. The maximum Gasteiger partial charge on any atom is 0.306 e. The van der Waals surface area contributed by atoms with Crippen molar-refractivity contribution < 1.29 is 19.5 Å². The molecule has 1 aromatic heterocycles. The number of rotatable bonds is 8. The molecular weight excluding hydrogens is 280 g/mol. The summed E-state index contributed by atoms with van der Waals surface area (Å²) in [4.78, 5) is 33.6. The second-order valence-corrected chi connectivity index (χ2v) is 5.18. The van der Waals surface area contributed by atoms with E-state index in [9.17, 15) is 14.4 Å². The lowest BCUT2D eigenvalue weighted by atomic mass is 10.1. The SMILES string of the molecule is CC(CCNC(=O)CCNC(=O)c1ccsc1)C(=O)O. The molecule has 110 valence electrons. The Morgan fingerprint density at radius 3 is 2.65 bits per heavy atom. The molecule has 0 saturated carbocycles. The van der Waals surface area contributed by atoms with Crippen molar-refractivity contribution >= 4 is 29.1 Å². The number of hydrogen-bond donors (Lipinski definition) is 3. The van der Waals surface area contributed by atoms with E-state index in [1.807, 2.05) is 5.38 Å². The minimum atomic E-state index is -0.873. The number of carboxylic acid groups (broad SMARTS) is 1. The summed E-state index contributed by atoms with van der Waals surface area (Å²) in [6.45, 7) is 2.18. The van der Waals surface area contributed by atoms with Crippen molar-refractivity contribution in [2.45, 2.75) is 19.8 Å². The summed E-state index contributed by atoms with van der Waals surface area (Å²) < 4.78 is 0. The van der Waals surface area contributed by atoms with Crippen molar-refractivity contribution in [1.82, 2.24) is 10.6 Å². The molecule has 1 atom stereocenters. The molecule has 0 aliphatic carbocycles. The fraction of sp³-hybridized carbons (Fsp3) is 0.462. The highest BCUT2D eigenvalue weighted by molar-refractivity contribution is 7.08. The number of aliphatic carboxylic acids is 1. The van der Waals surface area contributed by atoms with Crippen LogP contribution in [0.5, 0.6) is 0 Å². The molecule has 0 radical (unpaired) electrons. The first-order valence-corrected chi connectivity index (χ1v) is 7.25. The summed E-state index contributed by atoms with van der Waals surface area (Å²) in [6.07, 6.45) is 0.569. The average molecular weight is 298 g/mol. The monoisotopic (exact) mass is 298 g/mol. The Hall–Kier alpha value is -1.89. The summed E-state index contributed by atoms with van der Waals surface area (Å²) in [5.74, 6) is -1.75. The number of thiophene rings is 1. The van der Waals surface area contributed by atoms with Gasteiger partial charge < -0.3 is 15.7 Å². The average Bonchev–Trinajstić information content (AvgIpc) is 2.92. The Bertz CT molecular complexity index is 459. The van der Waals surface area contributed by atoms with E-state index in [0.29, 0.717) is 18.5 Å². The Morgan fingerprint density at radius 1 is 1.30 bits per heavy atom. The molecule has 1 heterocycles. The van der Waals surface area contributed by atoms with Crippen LogP contribution in [-0.4, -0.2) is 36.0 Å². The van der Waals surface area contributed by atoms with Crippen molar-refractivity contribution in [3.8, 4) is 0 Å². The van der Waals surface area contributed by atoms with Crippen molar-refractivity contribution in [3.05, 3.63) is 22.4 Å². The highest BCUT2D eigenvalue weighted by Crippen LogP contribution is 2.05. The van der Waals surface area contributed by atoms with Gasteiger partial charge in [0.2, 0.25) is 5.91 Å². The normalized spacial score (nSPS) is 11.7. The van der Waals surface area contributed by atoms with Crippen LogP contribution in [0, 0.1) is 5.92 Å². The summed E-state index contributed by atoms with van der Waals surface area (Å²) in [5.41, 5.74) is 0.589. The van der Waals surface area contributed by atoms with Crippen LogP contribution >= 0.6 is 11.3 Å². The summed E-state index contributed by atoms with van der Waals surface area (Å²) >= 11 is 1.44. The van der Waals surface area contributed by atoms with Crippen LogP contribution in [0.15, 0.2) is 16.8 Å². The third-order valence-electron chi connectivity index (χ3n) is 2.74. The summed E-state index contributed by atoms with van der Waals surface area (Å²) in [6, 6.07) is 1.72. The molecule has 1 aromatic rings. The van der Waals surface area contributed by atoms with Crippen LogP contribution < -0.4 is 10.6 Å². The second-order valence-electron chi connectivity index (χ2n) is 4.40. The van der Waals surface area contributed by atoms with Gasteiger partial charge in [0.05, 0.1) is 5.92 Å². The quantitative estimate of drug-likeness (QED) is 0.669. The van der Waals surface area contributed by atoms with Crippen molar-refractivity contribution in [2.75, 3.05) is 13.1 Å². The Labute approximate surface area is 121 Å². The van der Waals surface area contributed by atoms with Crippen LogP contribution in [0.2, 0.25) is 0 Å². The summed E-state index contributed by atoms with van der Waals surface area (Å²) in [7, 11) is 0. The van der Waals surface area contributed by atoms with Gasteiger partial charge in [-0.3, -0.25) is 14.4 Å². The number of carbonyl (C=O) groups is 3. The molecule has 0 aliphatic heterocycles. The molecule has 2 amide bonds. The number of carbonyl (C=O) groups excluding carboxylic acids is 2. The van der Waals surface area contributed by atoms with Gasteiger partial charge in [-0.15, -0.1) is 0 Å². The van der Waals surface area contributed by atoms with E-state index in [4.69, 9.17) is 5.11 Å². The fourth-order valence-electron chi connectivity index (χ4n) is 1.43. The zero-order valence-electron chi connectivity index (χ0n) is 11.2. The number of nitrogens with one attached hydrogen (secondary N) is 2.